The van der Waals surface area contributed by atoms with Crippen LogP contribution in [-0.4, -0.2) is 88.9 Å². The number of halogens is 1. The lowest BCUT2D eigenvalue weighted by Crippen LogP contribution is -2.53. The minimum atomic E-state index is -0.359. The van der Waals surface area contributed by atoms with Gasteiger partial charge in [-0.15, -0.1) is 10.2 Å². The normalized spacial score (nSPS) is 21.6. The van der Waals surface area contributed by atoms with Crippen molar-refractivity contribution in [3.8, 4) is 11.8 Å². The van der Waals surface area contributed by atoms with E-state index in [0.29, 0.717) is 47.0 Å². The number of carbonyl (C=O) groups excluding carboxylic acids is 3. The van der Waals surface area contributed by atoms with Crippen molar-refractivity contribution in [2.75, 3.05) is 49.1 Å². The first-order chi connectivity index (χ1) is 25.8. The number of benzene rings is 2. The van der Waals surface area contributed by atoms with Crippen LogP contribution in [-0.2, 0) is 4.79 Å². The Morgan fingerprint density at radius 3 is 2.51 bits per heavy atom. The summed E-state index contributed by atoms with van der Waals surface area (Å²) in [6.07, 6.45) is 7.80. The highest BCUT2D eigenvalue weighted by molar-refractivity contribution is 6.31. The summed E-state index contributed by atoms with van der Waals surface area (Å²) in [5.74, 6) is 1.56. The first kappa shape index (κ1) is 34.9. The van der Waals surface area contributed by atoms with Crippen LogP contribution in [0.5, 0.6) is 5.75 Å². The van der Waals surface area contributed by atoms with Gasteiger partial charge in [0.25, 0.3) is 5.91 Å². The molecule has 2 N–H and O–H groups in total. The van der Waals surface area contributed by atoms with Crippen molar-refractivity contribution in [2.24, 2.45) is 5.92 Å². The molecule has 2 aromatic carbocycles. The third kappa shape index (κ3) is 7.52. The summed E-state index contributed by atoms with van der Waals surface area (Å²) in [5, 5.41) is 24.7. The number of imide groups is 1. The molecule has 4 amide bonds. The van der Waals surface area contributed by atoms with Crippen molar-refractivity contribution in [1.29, 1.82) is 5.26 Å². The van der Waals surface area contributed by atoms with Gasteiger partial charge in [0.15, 0.2) is 11.5 Å². The maximum Gasteiger partial charge on any atom is 0.328 e. The van der Waals surface area contributed by atoms with Crippen LogP contribution in [0.4, 0.5) is 16.3 Å². The maximum atomic E-state index is 13.0. The molecule has 14 heteroatoms. The summed E-state index contributed by atoms with van der Waals surface area (Å²) in [4.78, 5) is 43.6. The summed E-state index contributed by atoms with van der Waals surface area (Å²) < 4.78 is 8.43. The number of nitriles is 1. The van der Waals surface area contributed by atoms with E-state index in [1.54, 1.807) is 29.2 Å². The quantitative estimate of drug-likeness (QED) is 0.234. The minimum absolute atomic E-state index is 0.0337. The van der Waals surface area contributed by atoms with E-state index in [-0.39, 0.29) is 30.0 Å². The smallest absolute Gasteiger partial charge is 0.328 e. The molecule has 0 atom stereocenters. The molecular weight excluding hydrogens is 694 g/mol. The predicted octanol–water partition coefficient (Wildman–Crippen LogP) is 5.30. The Morgan fingerprint density at radius 1 is 0.981 bits per heavy atom. The fourth-order valence-corrected chi connectivity index (χ4v) is 8.40. The second-order valence-corrected chi connectivity index (χ2v) is 15.0. The molecule has 53 heavy (non-hydrogen) atoms. The Labute approximate surface area is 312 Å². The van der Waals surface area contributed by atoms with E-state index in [1.807, 2.05) is 18.2 Å². The van der Waals surface area contributed by atoms with Crippen LogP contribution in [0.15, 0.2) is 60.8 Å². The Hall–Kier alpha value is -5.19. The molecule has 4 aromatic rings. The highest BCUT2D eigenvalue weighted by Crippen LogP contribution is 2.34. The number of amides is 4. The van der Waals surface area contributed by atoms with E-state index in [0.717, 1.165) is 93.7 Å². The fourth-order valence-electron chi connectivity index (χ4n) is 8.19. The summed E-state index contributed by atoms with van der Waals surface area (Å²) in [6.45, 7) is 5.33. The van der Waals surface area contributed by atoms with Crippen LogP contribution in [0.3, 0.4) is 0 Å². The third-order valence-electron chi connectivity index (χ3n) is 11.1. The second-order valence-electron chi connectivity index (χ2n) is 14.6. The molecule has 0 unspecified atom stereocenters. The van der Waals surface area contributed by atoms with E-state index < -0.39 is 0 Å². The average molecular weight is 736 g/mol. The first-order valence-corrected chi connectivity index (χ1v) is 18.9. The van der Waals surface area contributed by atoms with Gasteiger partial charge in [0.2, 0.25) is 5.91 Å². The number of fused-ring (bicyclic) bond motifs is 1. The van der Waals surface area contributed by atoms with Gasteiger partial charge in [0, 0.05) is 81.3 Å². The van der Waals surface area contributed by atoms with E-state index in [1.165, 1.54) is 0 Å². The lowest BCUT2D eigenvalue weighted by atomic mass is 9.92. The molecule has 3 aliphatic heterocycles. The number of hydrogen-bond acceptors (Lipinski definition) is 9. The number of nitrogens with one attached hydrogen (secondary N) is 2. The number of aromatic nitrogens is 3. The van der Waals surface area contributed by atoms with Crippen LogP contribution < -0.4 is 25.2 Å². The maximum absolute atomic E-state index is 13.0. The zero-order valence-electron chi connectivity index (χ0n) is 29.4. The largest absolute Gasteiger partial charge is 0.490 e. The number of carbonyl (C=O) groups is 3. The van der Waals surface area contributed by atoms with Gasteiger partial charge in [0.05, 0.1) is 27.9 Å². The molecule has 0 spiro atoms. The number of nitrogens with zero attached hydrogens (tertiary/aromatic N) is 7. The van der Waals surface area contributed by atoms with Gasteiger partial charge in [-0.3, -0.25) is 19.8 Å². The van der Waals surface area contributed by atoms with Gasteiger partial charge in [0.1, 0.15) is 11.8 Å². The highest BCUT2D eigenvalue weighted by Gasteiger charge is 2.32. The van der Waals surface area contributed by atoms with Crippen molar-refractivity contribution in [1.82, 2.24) is 30.3 Å². The molecule has 3 saturated heterocycles. The molecular formula is C39H42ClN9O4. The molecule has 0 radical (unpaired) electrons. The first-order valence-electron chi connectivity index (χ1n) is 18.5. The molecule has 5 heterocycles. The number of hydrogen-bond donors (Lipinski definition) is 2. The summed E-state index contributed by atoms with van der Waals surface area (Å²) in [6, 6.07) is 19.0. The molecule has 274 valence electrons. The number of likely N-dealkylation sites (tertiary alicyclic amines) is 1. The van der Waals surface area contributed by atoms with Gasteiger partial charge < -0.3 is 24.4 Å². The Kier molecular flexibility index (Phi) is 9.90. The van der Waals surface area contributed by atoms with E-state index in [2.05, 4.69) is 59.6 Å². The zero-order valence-corrected chi connectivity index (χ0v) is 30.2. The standard InChI is InChI=1S/C39H42ClN9O4/c40-32-20-30(7-4-26(32)21-41)53-29-8-5-27(6-9-29)42-38(51)33-10-11-36(45-44-33)47-23-25(24-47)22-46-16-12-28(13-17-46)48-18-14-31-34(48)2-1-3-35(31)49-19-15-37(50)43-39(49)52/h1-4,7,10-11,14,18,20,25,27-29H,5-6,8-9,12-13,15-17,19,22-24H2,(H,42,51)(H,43,50,52). The van der Waals surface area contributed by atoms with E-state index in [4.69, 9.17) is 21.6 Å². The van der Waals surface area contributed by atoms with Crippen LogP contribution in [0.25, 0.3) is 10.9 Å². The van der Waals surface area contributed by atoms with Gasteiger partial charge in [-0.05, 0) is 81.0 Å². The van der Waals surface area contributed by atoms with Crippen molar-refractivity contribution in [3.63, 3.8) is 0 Å². The van der Waals surface area contributed by atoms with Gasteiger partial charge in [-0.25, -0.2) is 4.79 Å². The Bertz CT molecular complexity index is 2040. The molecule has 4 fully saturated rings. The Morgan fingerprint density at radius 2 is 1.79 bits per heavy atom. The number of rotatable bonds is 9. The SMILES string of the molecule is N#Cc1ccc(OC2CCC(NC(=O)c3ccc(N4CC(CN5CCC(n6ccc7c(N8CCC(=O)NC8=O)cccc76)CC5)C4)nn3)CC2)cc1Cl. The third-order valence-corrected chi connectivity index (χ3v) is 11.4. The zero-order chi connectivity index (χ0) is 36.5. The lowest BCUT2D eigenvalue weighted by Gasteiger charge is -2.43. The van der Waals surface area contributed by atoms with Crippen LogP contribution >= 0.6 is 11.6 Å². The van der Waals surface area contributed by atoms with Gasteiger partial charge in [-0.1, -0.05) is 17.7 Å². The molecule has 1 aliphatic carbocycles. The molecule has 2 aromatic heterocycles. The Balaban J connectivity index is 0.762. The number of urea groups is 1. The van der Waals surface area contributed by atoms with Crippen LogP contribution in [0.2, 0.25) is 5.02 Å². The monoisotopic (exact) mass is 735 g/mol. The lowest BCUT2D eigenvalue weighted by molar-refractivity contribution is -0.120. The molecule has 4 aliphatic rings. The number of ether oxygens (including phenoxy) is 1. The van der Waals surface area contributed by atoms with Crippen molar-refractivity contribution >= 4 is 51.9 Å². The van der Waals surface area contributed by atoms with E-state index in [9.17, 15) is 14.4 Å². The average Bonchev–Trinajstić information content (AvgIpc) is 3.59. The van der Waals surface area contributed by atoms with Gasteiger partial charge in [-0.2, -0.15) is 5.26 Å². The van der Waals surface area contributed by atoms with Gasteiger partial charge >= 0.3 is 6.03 Å². The topological polar surface area (TPSA) is 149 Å². The highest BCUT2D eigenvalue weighted by atomic mass is 35.5. The van der Waals surface area contributed by atoms with E-state index >= 15 is 0 Å². The molecule has 13 nitrogen and oxygen atoms in total. The summed E-state index contributed by atoms with van der Waals surface area (Å²) >= 11 is 6.14. The van der Waals surface area contributed by atoms with Crippen LogP contribution in [0, 0.1) is 17.2 Å². The molecule has 8 rings (SSSR count). The van der Waals surface area contributed by atoms with Crippen molar-refractivity contribution in [3.05, 3.63) is 77.1 Å². The number of anilines is 2. The fraction of sp³-hybridized carbons (Fsp3) is 0.436. The summed E-state index contributed by atoms with van der Waals surface area (Å²) in [5.41, 5.74) is 2.70. The minimum Gasteiger partial charge on any atom is -0.490 e. The van der Waals surface area contributed by atoms with Crippen molar-refractivity contribution in [2.45, 2.75) is 63.1 Å². The predicted molar refractivity (Wildman–Crippen MR) is 200 cm³/mol. The second kappa shape index (κ2) is 15.0. The number of piperidine rings is 1. The summed E-state index contributed by atoms with van der Waals surface area (Å²) in [7, 11) is 0. The van der Waals surface area contributed by atoms with Crippen molar-refractivity contribution < 1.29 is 19.1 Å². The van der Waals surface area contributed by atoms with Crippen LogP contribution in [0.1, 0.15) is 67.0 Å². The molecule has 0 bridgehead atoms. The molecule has 1 saturated carbocycles.